The molecule has 0 aromatic rings. The molecule has 0 aliphatic carbocycles. The molecule has 2 N–H and O–H groups in total. The van der Waals surface area contributed by atoms with Gasteiger partial charge in [0.05, 0.1) is 20.1 Å². The number of carbonyl (C=O) groups excluding carboxylic acids is 4. The fraction of sp³-hybridized carbons (Fsp3) is 0.778. The highest BCUT2D eigenvalue weighted by Gasteiger charge is 2.48. The van der Waals surface area contributed by atoms with Crippen LogP contribution in [0.25, 0.3) is 0 Å². The molecular formula is C18H30N2O7S. The molecule has 1 heterocycles. The standard InChI is InChI=1S/C18H30N2O7S/c1-12(21)28-9-8-19-13(22)6-7-20-16(24)15-17(2,3)11-26-18(4,27-15)10-14(23)25-5/h15H,6-11H2,1-5H3,(H,19,22)(H,20,24)/t15-,18?/m0/s1. The Morgan fingerprint density at radius 3 is 2.43 bits per heavy atom. The van der Waals surface area contributed by atoms with Gasteiger partial charge in [0.25, 0.3) is 0 Å². The Hall–Kier alpha value is -1.65. The molecule has 0 spiro atoms. The van der Waals surface area contributed by atoms with Crippen LogP contribution in [0.3, 0.4) is 0 Å². The van der Waals surface area contributed by atoms with Gasteiger partial charge in [0.1, 0.15) is 6.10 Å². The molecule has 1 saturated heterocycles. The minimum atomic E-state index is -1.25. The quantitative estimate of drug-likeness (QED) is 0.413. The van der Waals surface area contributed by atoms with E-state index in [1.807, 2.05) is 13.8 Å². The molecule has 2 amide bonds. The summed E-state index contributed by atoms with van der Waals surface area (Å²) in [4.78, 5) is 46.7. The van der Waals surface area contributed by atoms with Crippen molar-refractivity contribution in [3.63, 3.8) is 0 Å². The first-order chi connectivity index (χ1) is 13.0. The maximum absolute atomic E-state index is 12.6. The van der Waals surface area contributed by atoms with Crippen LogP contribution in [-0.2, 0) is 33.4 Å². The van der Waals surface area contributed by atoms with Gasteiger partial charge in [-0.2, -0.15) is 0 Å². The third-order valence-electron chi connectivity index (χ3n) is 4.14. The molecule has 160 valence electrons. The van der Waals surface area contributed by atoms with Crippen molar-refractivity contribution in [1.29, 1.82) is 0 Å². The van der Waals surface area contributed by atoms with E-state index < -0.39 is 23.3 Å². The lowest BCUT2D eigenvalue weighted by Crippen LogP contribution is -2.58. The van der Waals surface area contributed by atoms with E-state index in [4.69, 9.17) is 9.47 Å². The summed E-state index contributed by atoms with van der Waals surface area (Å²) in [5.74, 6) is -1.83. The number of ether oxygens (including phenoxy) is 3. The van der Waals surface area contributed by atoms with Crippen LogP contribution in [0.5, 0.6) is 0 Å². The first kappa shape index (κ1) is 24.4. The van der Waals surface area contributed by atoms with Gasteiger partial charge in [-0.3, -0.25) is 19.2 Å². The smallest absolute Gasteiger partial charge is 0.310 e. The fourth-order valence-corrected chi connectivity index (χ4v) is 3.05. The molecule has 10 heteroatoms. The van der Waals surface area contributed by atoms with E-state index in [1.165, 1.54) is 14.0 Å². The van der Waals surface area contributed by atoms with Crippen LogP contribution in [0.4, 0.5) is 0 Å². The molecule has 1 aliphatic heterocycles. The van der Waals surface area contributed by atoms with Crippen LogP contribution in [-0.4, -0.2) is 67.3 Å². The van der Waals surface area contributed by atoms with Crippen LogP contribution < -0.4 is 10.6 Å². The fourth-order valence-electron chi connectivity index (χ4n) is 2.56. The van der Waals surface area contributed by atoms with Crippen molar-refractivity contribution in [2.45, 2.75) is 52.4 Å². The summed E-state index contributed by atoms with van der Waals surface area (Å²) >= 11 is 1.14. The van der Waals surface area contributed by atoms with Crippen molar-refractivity contribution in [2.75, 3.05) is 32.6 Å². The molecule has 1 fully saturated rings. The van der Waals surface area contributed by atoms with Crippen LogP contribution >= 0.6 is 11.8 Å². The van der Waals surface area contributed by atoms with E-state index in [0.29, 0.717) is 12.3 Å². The van der Waals surface area contributed by atoms with Crippen molar-refractivity contribution < 1.29 is 33.4 Å². The van der Waals surface area contributed by atoms with Gasteiger partial charge in [-0.25, -0.2) is 0 Å². The number of rotatable bonds is 9. The van der Waals surface area contributed by atoms with Gasteiger partial charge in [0, 0.05) is 37.6 Å². The van der Waals surface area contributed by atoms with Crippen molar-refractivity contribution >= 4 is 34.7 Å². The monoisotopic (exact) mass is 418 g/mol. The molecule has 0 bridgehead atoms. The van der Waals surface area contributed by atoms with E-state index in [-0.39, 0.29) is 42.9 Å². The van der Waals surface area contributed by atoms with Crippen molar-refractivity contribution in [3.8, 4) is 0 Å². The van der Waals surface area contributed by atoms with Crippen LogP contribution in [0.2, 0.25) is 0 Å². The number of thioether (sulfide) groups is 1. The normalized spacial score (nSPS) is 23.5. The Morgan fingerprint density at radius 2 is 1.82 bits per heavy atom. The van der Waals surface area contributed by atoms with E-state index in [1.54, 1.807) is 6.92 Å². The first-order valence-corrected chi connectivity index (χ1v) is 10.0. The molecule has 1 unspecified atom stereocenters. The van der Waals surface area contributed by atoms with Gasteiger partial charge in [0.2, 0.25) is 11.8 Å². The molecular weight excluding hydrogens is 388 g/mol. The third kappa shape index (κ3) is 8.15. The highest BCUT2D eigenvalue weighted by Crippen LogP contribution is 2.36. The number of nitrogens with one attached hydrogen (secondary N) is 2. The number of carbonyl (C=O) groups is 4. The molecule has 0 radical (unpaired) electrons. The molecule has 0 saturated carbocycles. The number of hydrogen-bond donors (Lipinski definition) is 2. The lowest BCUT2D eigenvalue weighted by atomic mass is 9.85. The lowest BCUT2D eigenvalue weighted by molar-refractivity contribution is -0.313. The van der Waals surface area contributed by atoms with Crippen molar-refractivity contribution in [2.24, 2.45) is 5.41 Å². The molecule has 9 nitrogen and oxygen atoms in total. The van der Waals surface area contributed by atoms with E-state index >= 15 is 0 Å². The van der Waals surface area contributed by atoms with Gasteiger partial charge in [0.15, 0.2) is 10.9 Å². The van der Waals surface area contributed by atoms with Gasteiger partial charge in [-0.1, -0.05) is 25.6 Å². The van der Waals surface area contributed by atoms with E-state index in [2.05, 4.69) is 15.4 Å². The molecule has 0 aromatic heterocycles. The summed E-state index contributed by atoms with van der Waals surface area (Å²) in [6.45, 7) is 7.48. The van der Waals surface area contributed by atoms with E-state index in [0.717, 1.165) is 11.8 Å². The Kier molecular flexibility index (Phi) is 9.38. The predicted molar refractivity (Wildman–Crippen MR) is 103 cm³/mol. The maximum atomic E-state index is 12.6. The molecule has 2 atom stereocenters. The topological polar surface area (TPSA) is 120 Å². The summed E-state index contributed by atoms with van der Waals surface area (Å²) in [7, 11) is 1.27. The van der Waals surface area contributed by atoms with Gasteiger partial charge in [-0.05, 0) is 6.92 Å². The Morgan fingerprint density at radius 1 is 1.14 bits per heavy atom. The second-order valence-electron chi connectivity index (χ2n) is 7.39. The second-order valence-corrected chi connectivity index (χ2v) is 8.66. The largest absolute Gasteiger partial charge is 0.469 e. The number of methoxy groups -OCH3 is 1. The average molecular weight is 419 g/mol. The van der Waals surface area contributed by atoms with Crippen LogP contribution in [0.1, 0.15) is 40.5 Å². The summed E-state index contributed by atoms with van der Waals surface area (Å²) in [6.07, 6.45) is -0.866. The minimum Gasteiger partial charge on any atom is -0.469 e. The Bertz CT molecular complexity index is 596. The average Bonchev–Trinajstić information content (AvgIpc) is 2.60. The maximum Gasteiger partial charge on any atom is 0.310 e. The van der Waals surface area contributed by atoms with Crippen LogP contribution in [0, 0.1) is 5.41 Å². The third-order valence-corrected chi connectivity index (χ3v) is 4.95. The van der Waals surface area contributed by atoms with E-state index in [9.17, 15) is 19.2 Å². The SMILES string of the molecule is COC(=O)CC1(C)OCC(C)(C)[C@H](C(=O)NCCC(=O)NCCSC(C)=O)O1. The number of hydrogen-bond acceptors (Lipinski definition) is 8. The zero-order valence-corrected chi connectivity index (χ0v) is 17.9. The molecule has 1 rings (SSSR count). The van der Waals surface area contributed by atoms with Gasteiger partial charge in [-0.15, -0.1) is 0 Å². The highest BCUT2D eigenvalue weighted by molar-refractivity contribution is 8.13. The van der Waals surface area contributed by atoms with Gasteiger partial charge >= 0.3 is 5.97 Å². The lowest BCUT2D eigenvalue weighted by Gasteiger charge is -2.45. The predicted octanol–water partition coefficient (Wildman–Crippen LogP) is 0.610. The number of esters is 1. The first-order valence-electron chi connectivity index (χ1n) is 9.05. The summed E-state index contributed by atoms with van der Waals surface area (Å²) in [6, 6.07) is 0. The molecule has 0 aromatic carbocycles. The zero-order valence-electron chi connectivity index (χ0n) is 17.1. The minimum absolute atomic E-state index is 0.000197. The van der Waals surface area contributed by atoms with Crippen molar-refractivity contribution in [1.82, 2.24) is 10.6 Å². The van der Waals surface area contributed by atoms with Crippen molar-refractivity contribution in [3.05, 3.63) is 0 Å². The molecule has 28 heavy (non-hydrogen) atoms. The Labute approximate surface area is 169 Å². The Balaban J connectivity index is 2.48. The highest BCUT2D eigenvalue weighted by atomic mass is 32.2. The molecule has 1 aliphatic rings. The number of amides is 2. The second kappa shape index (κ2) is 10.8. The summed E-state index contributed by atoms with van der Waals surface area (Å²) in [5, 5.41) is 5.38. The van der Waals surface area contributed by atoms with Gasteiger partial charge < -0.3 is 24.8 Å². The summed E-state index contributed by atoms with van der Waals surface area (Å²) in [5.41, 5.74) is -0.605. The van der Waals surface area contributed by atoms with Crippen LogP contribution in [0.15, 0.2) is 0 Å². The zero-order chi connectivity index (χ0) is 21.4. The summed E-state index contributed by atoms with van der Waals surface area (Å²) < 4.78 is 16.1.